The molecule has 19 heavy (non-hydrogen) atoms. The Kier molecular flexibility index (Phi) is 5.82. The van der Waals surface area contributed by atoms with Gasteiger partial charge in [0.15, 0.2) is 0 Å². The van der Waals surface area contributed by atoms with Crippen molar-refractivity contribution in [2.45, 2.75) is 39.0 Å². The van der Waals surface area contributed by atoms with Crippen LogP contribution in [0.5, 0.6) is 0 Å². The molecular formula is C14H25N3O2. The van der Waals surface area contributed by atoms with E-state index in [0.29, 0.717) is 6.10 Å². The van der Waals surface area contributed by atoms with Crippen molar-refractivity contribution in [3.8, 4) is 0 Å². The first-order valence-electron chi connectivity index (χ1n) is 7.15. The van der Waals surface area contributed by atoms with Crippen LogP contribution in [-0.2, 0) is 22.6 Å². The van der Waals surface area contributed by atoms with Gasteiger partial charge in [-0.1, -0.05) is 6.92 Å². The van der Waals surface area contributed by atoms with Crippen LogP contribution in [-0.4, -0.2) is 54.0 Å². The number of rotatable bonds is 8. The van der Waals surface area contributed by atoms with Crippen molar-refractivity contribution in [2.24, 2.45) is 0 Å². The van der Waals surface area contributed by atoms with E-state index in [2.05, 4.69) is 21.4 Å². The summed E-state index contributed by atoms with van der Waals surface area (Å²) in [4.78, 5) is 6.67. The Morgan fingerprint density at radius 2 is 2.47 bits per heavy atom. The van der Waals surface area contributed by atoms with E-state index in [9.17, 15) is 0 Å². The van der Waals surface area contributed by atoms with E-state index in [-0.39, 0.29) is 0 Å². The molecule has 1 saturated heterocycles. The van der Waals surface area contributed by atoms with E-state index in [4.69, 9.17) is 9.47 Å². The number of hydrogen-bond acceptors (Lipinski definition) is 4. The van der Waals surface area contributed by atoms with E-state index >= 15 is 0 Å². The van der Waals surface area contributed by atoms with Gasteiger partial charge in [-0.3, -0.25) is 4.90 Å². The summed E-state index contributed by atoms with van der Waals surface area (Å²) in [6.45, 7) is 7.70. The molecule has 0 bridgehead atoms. The maximum Gasteiger partial charge on any atom is 0.0949 e. The fourth-order valence-corrected chi connectivity index (χ4v) is 2.48. The predicted octanol–water partition coefficient (Wildman–Crippen LogP) is 1.53. The molecule has 2 rings (SSSR count). The van der Waals surface area contributed by atoms with Crippen molar-refractivity contribution in [1.82, 2.24) is 14.5 Å². The predicted molar refractivity (Wildman–Crippen MR) is 74.0 cm³/mol. The molecule has 1 aromatic rings. The van der Waals surface area contributed by atoms with Gasteiger partial charge < -0.3 is 14.0 Å². The average Bonchev–Trinajstić information content (AvgIpc) is 3.07. The van der Waals surface area contributed by atoms with Crippen LogP contribution in [0.2, 0.25) is 0 Å². The van der Waals surface area contributed by atoms with Crippen LogP contribution >= 0.6 is 0 Å². The van der Waals surface area contributed by atoms with E-state index in [1.807, 2.05) is 12.5 Å². The van der Waals surface area contributed by atoms with E-state index in [1.165, 1.54) is 18.5 Å². The number of aromatic nitrogens is 2. The normalized spacial score (nSPS) is 19.4. The molecule has 2 heterocycles. The summed E-state index contributed by atoms with van der Waals surface area (Å²) in [6, 6.07) is 0. The van der Waals surface area contributed by atoms with Crippen LogP contribution in [0.1, 0.15) is 25.5 Å². The maximum atomic E-state index is 5.72. The summed E-state index contributed by atoms with van der Waals surface area (Å²) in [5, 5.41) is 0. The van der Waals surface area contributed by atoms with Crippen molar-refractivity contribution in [2.75, 3.05) is 33.4 Å². The van der Waals surface area contributed by atoms with Crippen molar-refractivity contribution in [3.05, 3.63) is 18.2 Å². The number of hydrogen-bond donors (Lipinski definition) is 0. The van der Waals surface area contributed by atoms with Crippen LogP contribution < -0.4 is 0 Å². The molecule has 0 radical (unpaired) electrons. The maximum absolute atomic E-state index is 5.72. The summed E-state index contributed by atoms with van der Waals surface area (Å²) < 4.78 is 13.0. The number of nitrogens with zero attached hydrogens (tertiary/aromatic N) is 3. The van der Waals surface area contributed by atoms with Crippen LogP contribution in [0, 0.1) is 0 Å². The van der Waals surface area contributed by atoms with Gasteiger partial charge in [0.25, 0.3) is 0 Å². The average molecular weight is 267 g/mol. The van der Waals surface area contributed by atoms with Crippen molar-refractivity contribution >= 4 is 0 Å². The third-order valence-electron chi connectivity index (χ3n) is 3.65. The molecule has 0 saturated carbocycles. The number of methoxy groups -OCH3 is 1. The Bertz CT molecular complexity index is 361. The Labute approximate surface area is 115 Å². The number of ether oxygens (including phenoxy) is 2. The zero-order valence-electron chi connectivity index (χ0n) is 12.0. The van der Waals surface area contributed by atoms with Gasteiger partial charge >= 0.3 is 0 Å². The molecule has 0 amide bonds. The van der Waals surface area contributed by atoms with Crippen LogP contribution in [0.15, 0.2) is 12.5 Å². The minimum Gasteiger partial charge on any atom is -0.383 e. The van der Waals surface area contributed by atoms with Crippen molar-refractivity contribution in [1.29, 1.82) is 0 Å². The van der Waals surface area contributed by atoms with E-state index in [0.717, 1.165) is 39.4 Å². The van der Waals surface area contributed by atoms with Gasteiger partial charge in [-0.2, -0.15) is 0 Å². The summed E-state index contributed by atoms with van der Waals surface area (Å²) >= 11 is 0. The highest BCUT2D eigenvalue weighted by Crippen LogP contribution is 2.14. The van der Waals surface area contributed by atoms with Crippen LogP contribution in [0.4, 0.5) is 0 Å². The number of imidazole rings is 1. The summed E-state index contributed by atoms with van der Waals surface area (Å²) in [6.07, 6.45) is 6.64. The molecule has 1 aromatic heterocycles. The molecule has 0 N–H and O–H groups in total. The zero-order valence-corrected chi connectivity index (χ0v) is 12.0. The first kappa shape index (κ1) is 14.5. The van der Waals surface area contributed by atoms with E-state index in [1.54, 1.807) is 7.11 Å². The number of likely N-dealkylation sites (N-methyl/N-ethyl adjacent to an activating group) is 1. The summed E-state index contributed by atoms with van der Waals surface area (Å²) in [7, 11) is 1.73. The van der Waals surface area contributed by atoms with Gasteiger partial charge in [0, 0.05) is 39.5 Å². The third kappa shape index (κ3) is 4.30. The monoisotopic (exact) mass is 267 g/mol. The molecule has 1 aliphatic rings. The Hall–Kier alpha value is -0.910. The Balaban J connectivity index is 1.87. The SMILES string of the molecule is CCN(Cc1cncn1CCOC)C[C@H]1CCCO1. The second kappa shape index (κ2) is 7.62. The quantitative estimate of drug-likeness (QED) is 0.716. The van der Waals surface area contributed by atoms with Gasteiger partial charge in [0.1, 0.15) is 0 Å². The lowest BCUT2D eigenvalue weighted by atomic mass is 10.2. The molecule has 0 unspecified atom stereocenters. The topological polar surface area (TPSA) is 39.5 Å². The minimum atomic E-state index is 0.412. The van der Waals surface area contributed by atoms with Gasteiger partial charge in [0.2, 0.25) is 0 Å². The second-order valence-electron chi connectivity index (χ2n) is 5.03. The van der Waals surface area contributed by atoms with Crippen molar-refractivity contribution < 1.29 is 9.47 Å². The fourth-order valence-electron chi connectivity index (χ4n) is 2.48. The van der Waals surface area contributed by atoms with Crippen molar-refractivity contribution in [3.63, 3.8) is 0 Å². The molecule has 0 spiro atoms. The first-order chi connectivity index (χ1) is 9.33. The third-order valence-corrected chi connectivity index (χ3v) is 3.65. The lowest BCUT2D eigenvalue weighted by Gasteiger charge is -2.24. The lowest BCUT2D eigenvalue weighted by Crippen LogP contribution is -2.32. The Morgan fingerprint density at radius 1 is 1.58 bits per heavy atom. The molecule has 1 aliphatic heterocycles. The zero-order chi connectivity index (χ0) is 13.5. The van der Waals surface area contributed by atoms with Gasteiger partial charge in [-0.05, 0) is 19.4 Å². The van der Waals surface area contributed by atoms with Gasteiger partial charge in [-0.15, -0.1) is 0 Å². The standard InChI is InChI=1S/C14H25N3O2/c1-3-16(11-14-5-4-7-19-14)10-13-9-15-12-17(13)6-8-18-2/h9,12,14H,3-8,10-11H2,1-2H3/t14-/m1/s1. The first-order valence-corrected chi connectivity index (χ1v) is 7.15. The molecular weight excluding hydrogens is 242 g/mol. The van der Waals surface area contributed by atoms with Crippen LogP contribution in [0.3, 0.4) is 0 Å². The molecule has 5 nitrogen and oxygen atoms in total. The second-order valence-corrected chi connectivity index (χ2v) is 5.03. The highest BCUT2D eigenvalue weighted by molar-refractivity contribution is 4.98. The highest BCUT2D eigenvalue weighted by atomic mass is 16.5. The van der Waals surface area contributed by atoms with Gasteiger partial charge in [-0.25, -0.2) is 4.98 Å². The molecule has 1 atom stereocenters. The summed E-state index contributed by atoms with van der Waals surface area (Å²) in [5.74, 6) is 0. The molecule has 5 heteroatoms. The lowest BCUT2D eigenvalue weighted by molar-refractivity contribution is 0.0715. The van der Waals surface area contributed by atoms with Crippen LogP contribution in [0.25, 0.3) is 0 Å². The minimum absolute atomic E-state index is 0.412. The molecule has 108 valence electrons. The molecule has 1 fully saturated rings. The molecule has 0 aromatic carbocycles. The van der Waals surface area contributed by atoms with E-state index < -0.39 is 0 Å². The largest absolute Gasteiger partial charge is 0.383 e. The van der Waals surface area contributed by atoms with Gasteiger partial charge in [0.05, 0.1) is 24.7 Å². The highest BCUT2D eigenvalue weighted by Gasteiger charge is 2.19. The summed E-state index contributed by atoms with van der Waals surface area (Å²) in [5.41, 5.74) is 1.25. The smallest absolute Gasteiger partial charge is 0.0949 e. The Morgan fingerprint density at radius 3 is 3.16 bits per heavy atom. The fraction of sp³-hybridized carbons (Fsp3) is 0.786. The molecule has 0 aliphatic carbocycles.